The number of aryl methyl sites for hydroxylation is 1. The van der Waals surface area contributed by atoms with E-state index in [1.165, 1.54) is 6.07 Å². The molecule has 1 fully saturated rings. The lowest BCUT2D eigenvalue weighted by molar-refractivity contribution is -0.116. The highest BCUT2D eigenvalue weighted by Crippen LogP contribution is 2.24. The SMILES string of the molecule is Cc1ccc(NC(=O)C2CCCCS2(=O)=O)cc1O. The van der Waals surface area contributed by atoms with E-state index in [9.17, 15) is 18.3 Å². The van der Waals surface area contributed by atoms with E-state index in [2.05, 4.69) is 5.32 Å². The number of phenols is 1. The number of carbonyl (C=O) groups excluding carboxylic acids is 1. The number of hydrogen-bond donors (Lipinski definition) is 2. The average Bonchev–Trinajstić information content (AvgIpc) is 2.33. The van der Waals surface area contributed by atoms with Gasteiger partial charge in [-0.05, 0) is 31.4 Å². The summed E-state index contributed by atoms with van der Waals surface area (Å²) in [4.78, 5) is 12.0. The first-order valence-corrected chi connectivity index (χ1v) is 7.94. The molecule has 0 saturated carbocycles. The number of nitrogens with one attached hydrogen (secondary N) is 1. The molecule has 1 heterocycles. The summed E-state index contributed by atoms with van der Waals surface area (Å²) >= 11 is 0. The van der Waals surface area contributed by atoms with Gasteiger partial charge in [-0.3, -0.25) is 4.79 Å². The third kappa shape index (κ3) is 3.07. The molecular formula is C13H17NO4S. The summed E-state index contributed by atoms with van der Waals surface area (Å²) < 4.78 is 23.6. The summed E-state index contributed by atoms with van der Waals surface area (Å²) in [6.45, 7) is 1.74. The normalized spacial score (nSPS) is 21.8. The molecule has 2 N–H and O–H groups in total. The van der Waals surface area contributed by atoms with Crippen LogP contribution in [0.1, 0.15) is 24.8 Å². The number of amides is 1. The Hall–Kier alpha value is -1.56. The minimum Gasteiger partial charge on any atom is -0.508 e. The van der Waals surface area contributed by atoms with Crippen LogP contribution in [0.5, 0.6) is 5.75 Å². The Bertz CT molecular complexity index is 595. The molecule has 5 nitrogen and oxygen atoms in total. The van der Waals surface area contributed by atoms with Crippen LogP contribution < -0.4 is 5.32 Å². The van der Waals surface area contributed by atoms with Crippen molar-refractivity contribution in [2.75, 3.05) is 11.1 Å². The van der Waals surface area contributed by atoms with Gasteiger partial charge in [0, 0.05) is 11.8 Å². The zero-order valence-corrected chi connectivity index (χ0v) is 11.5. The number of anilines is 1. The molecule has 1 amide bonds. The molecule has 104 valence electrons. The Balaban J connectivity index is 2.14. The summed E-state index contributed by atoms with van der Waals surface area (Å²) in [5.41, 5.74) is 1.11. The van der Waals surface area contributed by atoms with Crippen molar-refractivity contribution in [1.29, 1.82) is 0 Å². The predicted molar refractivity (Wildman–Crippen MR) is 72.9 cm³/mol. The fourth-order valence-corrected chi connectivity index (χ4v) is 3.96. The molecule has 0 bridgehead atoms. The van der Waals surface area contributed by atoms with Crippen molar-refractivity contribution in [3.8, 4) is 5.75 Å². The number of rotatable bonds is 2. The van der Waals surface area contributed by atoms with Crippen LogP contribution in [0, 0.1) is 6.92 Å². The molecule has 19 heavy (non-hydrogen) atoms. The van der Waals surface area contributed by atoms with E-state index in [0.717, 1.165) is 6.42 Å². The van der Waals surface area contributed by atoms with Gasteiger partial charge in [0.2, 0.25) is 5.91 Å². The molecule has 0 radical (unpaired) electrons. The van der Waals surface area contributed by atoms with Crippen molar-refractivity contribution in [1.82, 2.24) is 0 Å². The number of benzene rings is 1. The van der Waals surface area contributed by atoms with Crippen LogP contribution in [0.15, 0.2) is 18.2 Å². The molecule has 1 atom stereocenters. The van der Waals surface area contributed by atoms with E-state index in [4.69, 9.17) is 0 Å². The van der Waals surface area contributed by atoms with Gasteiger partial charge in [-0.1, -0.05) is 12.5 Å². The zero-order valence-electron chi connectivity index (χ0n) is 10.7. The molecular weight excluding hydrogens is 266 g/mol. The number of sulfone groups is 1. The standard InChI is InChI=1S/C13H17NO4S/c1-9-5-6-10(8-11(9)15)14-13(16)12-4-2-3-7-19(12,17)18/h5-6,8,12,15H,2-4,7H2,1H3,(H,14,16). The molecule has 1 aromatic rings. The van der Waals surface area contributed by atoms with Crippen LogP contribution in [-0.4, -0.2) is 30.4 Å². The topological polar surface area (TPSA) is 83.5 Å². The zero-order chi connectivity index (χ0) is 14.0. The molecule has 1 aliphatic rings. The fraction of sp³-hybridized carbons (Fsp3) is 0.462. The van der Waals surface area contributed by atoms with Crippen LogP contribution in [0.2, 0.25) is 0 Å². The molecule has 1 saturated heterocycles. The van der Waals surface area contributed by atoms with Gasteiger partial charge < -0.3 is 10.4 Å². The summed E-state index contributed by atoms with van der Waals surface area (Å²) in [5.74, 6) is -0.364. The molecule has 2 rings (SSSR count). The van der Waals surface area contributed by atoms with Crippen LogP contribution in [0.4, 0.5) is 5.69 Å². The van der Waals surface area contributed by atoms with Crippen molar-refractivity contribution in [2.45, 2.75) is 31.4 Å². The average molecular weight is 283 g/mol. The monoisotopic (exact) mass is 283 g/mol. The van der Waals surface area contributed by atoms with Gasteiger partial charge in [-0.25, -0.2) is 8.42 Å². The van der Waals surface area contributed by atoms with Gasteiger partial charge in [0.05, 0.1) is 5.75 Å². The summed E-state index contributed by atoms with van der Waals surface area (Å²) in [6, 6.07) is 4.73. The first kappa shape index (κ1) is 13.9. The van der Waals surface area contributed by atoms with Crippen molar-refractivity contribution >= 4 is 21.4 Å². The Morgan fingerprint density at radius 1 is 1.37 bits per heavy atom. The number of hydrogen-bond acceptors (Lipinski definition) is 4. The second-order valence-electron chi connectivity index (χ2n) is 4.84. The first-order valence-electron chi connectivity index (χ1n) is 6.22. The van der Waals surface area contributed by atoms with E-state index in [0.29, 0.717) is 24.1 Å². The van der Waals surface area contributed by atoms with Crippen LogP contribution >= 0.6 is 0 Å². The van der Waals surface area contributed by atoms with E-state index in [1.807, 2.05) is 0 Å². The minimum absolute atomic E-state index is 0.0734. The fourth-order valence-electron chi connectivity index (χ4n) is 2.16. The highest BCUT2D eigenvalue weighted by Gasteiger charge is 2.34. The lowest BCUT2D eigenvalue weighted by Gasteiger charge is -2.21. The number of aromatic hydroxyl groups is 1. The second-order valence-corrected chi connectivity index (χ2v) is 7.14. The van der Waals surface area contributed by atoms with Gasteiger partial charge in [0.15, 0.2) is 9.84 Å². The quantitative estimate of drug-likeness (QED) is 0.863. The van der Waals surface area contributed by atoms with Gasteiger partial charge in [-0.15, -0.1) is 0 Å². The van der Waals surface area contributed by atoms with E-state index >= 15 is 0 Å². The summed E-state index contributed by atoms with van der Waals surface area (Å²) in [7, 11) is -3.34. The predicted octanol–water partition coefficient (Wildman–Crippen LogP) is 1.61. The molecule has 0 aliphatic carbocycles. The van der Waals surface area contributed by atoms with Crippen LogP contribution in [0.25, 0.3) is 0 Å². The third-order valence-corrected chi connectivity index (χ3v) is 5.52. The van der Waals surface area contributed by atoms with Gasteiger partial charge in [-0.2, -0.15) is 0 Å². The van der Waals surface area contributed by atoms with Gasteiger partial charge in [0.25, 0.3) is 0 Å². The van der Waals surface area contributed by atoms with Crippen LogP contribution in [0.3, 0.4) is 0 Å². The highest BCUT2D eigenvalue weighted by molar-refractivity contribution is 7.92. The Morgan fingerprint density at radius 2 is 2.11 bits per heavy atom. The third-order valence-electron chi connectivity index (χ3n) is 3.35. The molecule has 1 aromatic carbocycles. The van der Waals surface area contributed by atoms with E-state index in [1.54, 1.807) is 19.1 Å². The lowest BCUT2D eigenvalue weighted by Crippen LogP contribution is -2.39. The molecule has 0 spiro atoms. The van der Waals surface area contributed by atoms with E-state index in [-0.39, 0.29) is 11.5 Å². The maximum atomic E-state index is 12.0. The summed E-state index contributed by atoms with van der Waals surface area (Å²) in [5, 5.41) is 11.1. The van der Waals surface area contributed by atoms with Crippen molar-refractivity contribution in [2.24, 2.45) is 0 Å². The maximum Gasteiger partial charge on any atom is 0.242 e. The van der Waals surface area contributed by atoms with Crippen molar-refractivity contribution < 1.29 is 18.3 Å². The first-order chi connectivity index (χ1) is 8.90. The maximum absolute atomic E-state index is 12.0. The lowest BCUT2D eigenvalue weighted by atomic mass is 10.1. The largest absolute Gasteiger partial charge is 0.508 e. The molecule has 6 heteroatoms. The smallest absolute Gasteiger partial charge is 0.242 e. The van der Waals surface area contributed by atoms with E-state index < -0.39 is 21.0 Å². The Kier molecular flexibility index (Phi) is 3.80. The second kappa shape index (κ2) is 5.21. The summed E-state index contributed by atoms with van der Waals surface area (Å²) in [6.07, 6.45) is 1.74. The molecule has 1 aliphatic heterocycles. The van der Waals surface area contributed by atoms with Crippen molar-refractivity contribution in [3.63, 3.8) is 0 Å². The van der Waals surface area contributed by atoms with Gasteiger partial charge in [0.1, 0.15) is 11.0 Å². The van der Waals surface area contributed by atoms with Crippen molar-refractivity contribution in [3.05, 3.63) is 23.8 Å². The highest BCUT2D eigenvalue weighted by atomic mass is 32.2. The minimum atomic E-state index is -3.34. The molecule has 1 unspecified atom stereocenters. The Labute approximate surface area is 112 Å². The Morgan fingerprint density at radius 3 is 2.74 bits per heavy atom. The van der Waals surface area contributed by atoms with Gasteiger partial charge >= 0.3 is 0 Å². The molecule has 0 aromatic heterocycles. The number of carbonyl (C=O) groups is 1. The van der Waals surface area contributed by atoms with Crippen LogP contribution in [-0.2, 0) is 14.6 Å². The number of phenolic OH excluding ortho intramolecular Hbond substituents is 1.